The summed E-state index contributed by atoms with van der Waals surface area (Å²) >= 11 is 0. The Morgan fingerprint density at radius 2 is 2.09 bits per heavy atom. The van der Waals surface area contributed by atoms with E-state index in [-0.39, 0.29) is 0 Å². The molecule has 0 aliphatic rings. The molecule has 0 saturated heterocycles. The first-order valence-corrected chi connectivity index (χ1v) is 4.06. The quantitative estimate of drug-likeness (QED) is 0.622. The van der Waals surface area contributed by atoms with Crippen LogP contribution in [0.25, 0.3) is 0 Å². The number of hydrogen-bond donors (Lipinski definition) is 1. The Morgan fingerprint density at radius 3 is 2.45 bits per heavy atom. The van der Waals surface area contributed by atoms with Crippen molar-refractivity contribution in [3.63, 3.8) is 0 Å². The number of nitrogens with zero attached hydrogens (tertiary/aromatic N) is 1. The molecule has 2 nitrogen and oxygen atoms in total. The topological polar surface area (TPSA) is 38.4 Å². The van der Waals surface area contributed by atoms with Gasteiger partial charge in [-0.15, -0.1) is 0 Å². The number of aliphatic imine (C=N–C) groups is 1. The third-order valence-electron chi connectivity index (χ3n) is 1.61. The Hall–Kier alpha value is -0.790. The van der Waals surface area contributed by atoms with Crippen LogP contribution in [0, 0.1) is 5.92 Å². The van der Waals surface area contributed by atoms with Crippen molar-refractivity contribution in [1.29, 1.82) is 0 Å². The molecule has 0 aromatic heterocycles. The van der Waals surface area contributed by atoms with E-state index < -0.39 is 0 Å². The summed E-state index contributed by atoms with van der Waals surface area (Å²) in [4.78, 5) is 4.19. The fourth-order valence-electron chi connectivity index (χ4n) is 0.425. The van der Waals surface area contributed by atoms with E-state index in [1.54, 1.807) is 6.20 Å². The minimum absolute atomic E-state index is 0.392. The first-order valence-electron chi connectivity index (χ1n) is 4.06. The van der Waals surface area contributed by atoms with Crippen LogP contribution in [0.15, 0.2) is 16.9 Å². The fourth-order valence-corrected chi connectivity index (χ4v) is 0.425. The second-order valence-electron chi connectivity index (χ2n) is 3.00. The molecule has 0 radical (unpaired) electrons. The van der Waals surface area contributed by atoms with Crippen molar-refractivity contribution in [1.82, 2.24) is 0 Å². The summed E-state index contributed by atoms with van der Waals surface area (Å²) in [7, 11) is 0. The van der Waals surface area contributed by atoms with Gasteiger partial charge in [0.1, 0.15) is 0 Å². The summed E-state index contributed by atoms with van der Waals surface area (Å²) in [5.41, 5.74) is 7.64. The average Bonchev–Trinajstić information content (AvgIpc) is 1.99. The molecule has 0 heterocycles. The zero-order valence-corrected chi connectivity index (χ0v) is 7.89. The summed E-state index contributed by atoms with van der Waals surface area (Å²) in [6.07, 6.45) is 2.74. The highest BCUT2D eigenvalue weighted by atomic mass is 14.7. The van der Waals surface area contributed by atoms with Gasteiger partial charge in [-0.05, 0) is 19.3 Å². The zero-order valence-electron chi connectivity index (χ0n) is 7.89. The van der Waals surface area contributed by atoms with Gasteiger partial charge < -0.3 is 5.73 Å². The third-order valence-corrected chi connectivity index (χ3v) is 1.61. The van der Waals surface area contributed by atoms with Gasteiger partial charge >= 0.3 is 0 Å². The molecule has 0 rings (SSSR count). The monoisotopic (exact) mass is 154 g/mol. The van der Waals surface area contributed by atoms with Crippen molar-refractivity contribution >= 4 is 5.71 Å². The van der Waals surface area contributed by atoms with Gasteiger partial charge in [-0.25, -0.2) is 0 Å². The van der Waals surface area contributed by atoms with Gasteiger partial charge in [0.2, 0.25) is 0 Å². The maximum absolute atomic E-state index is 5.67. The highest BCUT2D eigenvalue weighted by Crippen LogP contribution is 2.01. The average molecular weight is 154 g/mol. The van der Waals surface area contributed by atoms with Gasteiger partial charge in [0.15, 0.2) is 0 Å². The lowest BCUT2D eigenvalue weighted by Gasteiger charge is -2.01. The van der Waals surface area contributed by atoms with Gasteiger partial charge in [0, 0.05) is 17.6 Å². The van der Waals surface area contributed by atoms with Gasteiger partial charge in [0.25, 0.3) is 0 Å². The van der Waals surface area contributed by atoms with E-state index in [2.05, 4.69) is 25.8 Å². The van der Waals surface area contributed by atoms with E-state index >= 15 is 0 Å². The van der Waals surface area contributed by atoms with E-state index in [0.29, 0.717) is 5.92 Å². The summed E-state index contributed by atoms with van der Waals surface area (Å²) < 4.78 is 0. The SMILES string of the molecule is CC/C(C)=N\C=C(/N)C(C)C. The largest absolute Gasteiger partial charge is 0.401 e. The van der Waals surface area contributed by atoms with Gasteiger partial charge in [0.05, 0.1) is 0 Å². The Bertz CT molecular complexity index is 166. The zero-order chi connectivity index (χ0) is 8.85. The van der Waals surface area contributed by atoms with Crippen molar-refractivity contribution in [2.45, 2.75) is 34.1 Å². The first-order chi connectivity index (χ1) is 5.07. The summed E-state index contributed by atoms with van der Waals surface area (Å²) in [6, 6.07) is 0. The molecule has 64 valence electrons. The van der Waals surface area contributed by atoms with E-state index in [1.165, 1.54) is 0 Å². The second-order valence-corrected chi connectivity index (χ2v) is 3.00. The predicted molar refractivity (Wildman–Crippen MR) is 50.5 cm³/mol. The molecule has 0 amide bonds. The summed E-state index contributed by atoms with van der Waals surface area (Å²) in [6.45, 7) is 8.20. The first kappa shape index (κ1) is 10.2. The maximum Gasteiger partial charge on any atom is 0.0457 e. The van der Waals surface area contributed by atoms with Gasteiger partial charge in [-0.2, -0.15) is 0 Å². The number of hydrogen-bond acceptors (Lipinski definition) is 2. The molecule has 0 aliphatic carbocycles. The highest BCUT2D eigenvalue weighted by Gasteiger charge is 1.94. The standard InChI is InChI=1S/C9H18N2/c1-5-8(4)11-6-9(10)7(2)3/h6-7H,5,10H2,1-4H3/b9-6-,11-8-. The van der Waals surface area contributed by atoms with E-state index in [0.717, 1.165) is 17.8 Å². The molecule has 11 heavy (non-hydrogen) atoms. The van der Waals surface area contributed by atoms with Crippen LogP contribution in [0.4, 0.5) is 0 Å². The van der Waals surface area contributed by atoms with E-state index in [4.69, 9.17) is 5.73 Å². The smallest absolute Gasteiger partial charge is 0.0457 e. The predicted octanol–water partition coefficient (Wildman–Crippen LogP) is 2.31. The maximum atomic E-state index is 5.67. The number of nitrogens with two attached hydrogens (primary N) is 1. The molecule has 0 fully saturated rings. The lowest BCUT2D eigenvalue weighted by Crippen LogP contribution is -2.04. The molecular formula is C9H18N2. The third kappa shape index (κ3) is 4.59. The van der Waals surface area contributed by atoms with E-state index in [9.17, 15) is 0 Å². The Balaban J connectivity index is 4.11. The minimum Gasteiger partial charge on any atom is -0.401 e. The summed E-state index contributed by atoms with van der Waals surface area (Å²) in [5, 5.41) is 0. The molecule has 0 saturated carbocycles. The van der Waals surface area contributed by atoms with Crippen LogP contribution in [0.1, 0.15) is 34.1 Å². The molecule has 0 aromatic rings. The van der Waals surface area contributed by atoms with Crippen LogP contribution in [-0.2, 0) is 0 Å². The normalized spacial score (nSPS) is 14.3. The molecule has 2 heteroatoms. The molecule has 0 aromatic carbocycles. The Morgan fingerprint density at radius 1 is 1.55 bits per heavy atom. The van der Waals surface area contributed by atoms with Crippen molar-refractivity contribution in [3.8, 4) is 0 Å². The summed E-state index contributed by atoms with van der Waals surface area (Å²) in [5.74, 6) is 0.392. The Kier molecular flexibility index (Phi) is 4.59. The molecule has 0 aliphatic heterocycles. The van der Waals surface area contributed by atoms with Crippen molar-refractivity contribution in [3.05, 3.63) is 11.9 Å². The van der Waals surface area contributed by atoms with E-state index in [1.807, 2.05) is 6.92 Å². The van der Waals surface area contributed by atoms with Gasteiger partial charge in [-0.3, -0.25) is 4.99 Å². The Labute approximate surface area is 69.2 Å². The van der Waals surface area contributed by atoms with Crippen molar-refractivity contribution in [2.75, 3.05) is 0 Å². The second kappa shape index (κ2) is 4.94. The molecule has 0 bridgehead atoms. The van der Waals surface area contributed by atoms with Crippen LogP contribution in [0.2, 0.25) is 0 Å². The van der Waals surface area contributed by atoms with Crippen molar-refractivity contribution in [2.24, 2.45) is 16.6 Å². The van der Waals surface area contributed by atoms with Crippen LogP contribution in [-0.4, -0.2) is 5.71 Å². The minimum atomic E-state index is 0.392. The van der Waals surface area contributed by atoms with Crippen LogP contribution in [0.3, 0.4) is 0 Å². The lowest BCUT2D eigenvalue weighted by atomic mass is 10.2. The fraction of sp³-hybridized carbons (Fsp3) is 0.667. The number of rotatable bonds is 3. The van der Waals surface area contributed by atoms with Crippen LogP contribution < -0.4 is 5.73 Å². The number of allylic oxidation sites excluding steroid dienone is 1. The van der Waals surface area contributed by atoms with Gasteiger partial charge in [-0.1, -0.05) is 20.8 Å². The molecular weight excluding hydrogens is 136 g/mol. The van der Waals surface area contributed by atoms with Crippen LogP contribution >= 0.6 is 0 Å². The lowest BCUT2D eigenvalue weighted by molar-refractivity contribution is 0.753. The molecule has 0 spiro atoms. The molecule has 0 unspecified atom stereocenters. The highest BCUT2D eigenvalue weighted by molar-refractivity contribution is 5.82. The van der Waals surface area contributed by atoms with Crippen LogP contribution in [0.5, 0.6) is 0 Å². The molecule has 0 atom stereocenters. The molecule has 2 N–H and O–H groups in total. The van der Waals surface area contributed by atoms with Crippen molar-refractivity contribution < 1.29 is 0 Å².